The van der Waals surface area contributed by atoms with Crippen molar-refractivity contribution in [3.63, 3.8) is 0 Å². The van der Waals surface area contributed by atoms with Crippen molar-refractivity contribution in [2.75, 3.05) is 20.2 Å². The average Bonchev–Trinajstić information content (AvgIpc) is 2.60. The van der Waals surface area contributed by atoms with E-state index in [0.29, 0.717) is 25.1 Å². The summed E-state index contributed by atoms with van der Waals surface area (Å²) in [6.45, 7) is 2.55. The Kier molecular flexibility index (Phi) is 9.15. The first-order valence-corrected chi connectivity index (χ1v) is 9.83. The van der Waals surface area contributed by atoms with E-state index in [9.17, 15) is 18.0 Å². The van der Waals surface area contributed by atoms with Gasteiger partial charge in [-0.2, -0.15) is 0 Å². The van der Waals surface area contributed by atoms with Gasteiger partial charge in [0.1, 0.15) is 0 Å². The van der Waals surface area contributed by atoms with Crippen molar-refractivity contribution in [2.45, 2.75) is 43.9 Å². The average molecular weight is 370 g/mol. The van der Waals surface area contributed by atoms with Crippen LogP contribution in [0, 0.1) is 0 Å². The van der Waals surface area contributed by atoms with Gasteiger partial charge in [0.25, 0.3) is 5.91 Å². The predicted molar refractivity (Wildman–Crippen MR) is 94.7 cm³/mol. The number of carbonyl (C=O) groups is 2. The van der Waals surface area contributed by atoms with Gasteiger partial charge in [0, 0.05) is 25.1 Å². The highest BCUT2D eigenvalue weighted by molar-refractivity contribution is 7.89. The molecule has 0 saturated carbocycles. The van der Waals surface area contributed by atoms with Crippen LogP contribution in [-0.4, -0.2) is 40.5 Å². The molecule has 8 heteroatoms. The van der Waals surface area contributed by atoms with E-state index < -0.39 is 10.0 Å². The number of amides is 1. The van der Waals surface area contributed by atoms with E-state index in [4.69, 9.17) is 0 Å². The van der Waals surface area contributed by atoms with E-state index in [1.165, 1.54) is 31.4 Å². The Morgan fingerprint density at radius 1 is 1.04 bits per heavy atom. The predicted octanol–water partition coefficient (Wildman–Crippen LogP) is 1.84. The van der Waals surface area contributed by atoms with Crippen LogP contribution in [0.2, 0.25) is 0 Å². The minimum absolute atomic E-state index is 0.136. The van der Waals surface area contributed by atoms with E-state index in [2.05, 4.69) is 14.8 Å². The number of sulfonamides is 1. The largest absolute Gasteiger partial charge is 0.469 e. The highest BCUT2D eigenvalue weighted by Gasteiger charge is 2.13. The van der Waals surface area contributed by atoms with Crippen LogP contribution in [0.5, 0.6) is 0 Å². The zero-order valence-corrected chi connectivity index (χ0v) is 15.5. The van der Waals surface area contributed by atoms with E-state index >= 15 is 0 Å². The Morgan fingerprint density at radius 2 is 1.68 bits per heavy atom. The molecule has 0 fully saturated rings. The van der Waals surface area contributed by atoms with E-state index in [1.807, 2.05) is 0 Å². The van der Waals surface area contributed by atoms with Gasteiger partial charge in [-0.1, -0.05) is 19.8 Å². The van der Waals surface area contributed by atoms with Crippen LogP contribution in [0.4, 0.5) is 0 Å². The quantitative estimate of drug-likeness (QED) is 0.457. The molecule has 0 bridgehead atoms. The lowest BCUT2D eigenvalue weighted by Crippen LogP contribution is -2.25. The highest BCUT2D eigenvalue weighted by atomic mass is 32.2. The Hall–Kier alpha value is -1.93. The molecule has 7 nitrogen and oxygen atoms in total. The molecule has 1 rings (SSSR count). The van der Waals surface area contributed by atoms with Crippen molar-refractivity contribution in [1.82, 2.24) is 10.0 Å². The molecule has 0 aliphatic rings. The van der Waals surface area contributed by atoms with Crippen molar-refractivity contribution >= 4 is 21.9 Å². The summed E-state index contributed by atoms with van der Waals surface area (Å²) in [4.78, 5) is 23.1. The number of methoxy groups -OCH3 is 1. The second kappa shape index (κ2) is 10.8. The number of carbonyl (C=O) groups excluding carboxylic acids is 2. The van der Waals surface area contributed by atoms with Crippen LogP contribution in [-0.2, 0) is 19.6 Å². The summed E-state index contributed by atoms with van der Waals surface area (Å²) in [7, 11) is -2.13. The molecule has 1 aromatic carbocycles. The monoisotopic (exact) mass is 370 g/mol. The molecule has 0 unspecified atom stereocenters. The van der Waals surface area contributed by atoms with Gasteiger partial charge in [0.05, 0.1) is 12.0 Å². The third-order valence-corrected chi connectivity index (χ3v) is 5.14. The van der Waals surface area contributed by atoms with Crippen molar-refractivity contribution in [3.05, 3.63) is 29.8 Å². The van der Waals surface area contributed by atoms with Crippen LogP contribution in [0.15, 0.2) is 29.2 Å². The van der Waals surface area contributed by atoms with Crippen molar-refractivity contribution in [1.29, 1.82) is 0 Å². The Labute approximate surface area is 149 Å². The minimum Gasteiger partial charge on any atom is -0.469 e. The first-order chi connectivity index (χ1) is 11.9. The first kappa shape index (κ1) is 21.1. The third kappa shape index (κ3) is 7.66. The number of unbranched alkanes of at least 4 members (excludes halogenated alkanes) is 3. The molecule has 0 heterocycles. The fourth-order valence-electron chi connectivity index (χ4n) is 2.21. The van der Waals surface area contributed by atoms with E-state index in [1.54, 1.807) is 6.92 Å². The zero-order valence-electron chi connectivity index (χ0n) is 14.7. The van der Waals surface area contributed by atoms with Crippen LogP contribution >= 0.6 is 0 Å². The summed E-state index contributed by atoms with van der Waals surface area (Å²) in [5, 5.41) is 2.80. The molecular weight excluding hydrogens is 344 g/mol. The molecule has 25 heavy (non-hydrogen) atoms. The topological polar surface area (TPSA) is 102 Å². The first-order valence-electron chi connectivity index (χ1n) is 8.35. The van der Waals surface area contributed by atoms with Gasteiger partial charge in [0.15, 0.2) is 0 Å². The Balaban J connectivity index is 2.32. The number of benzene rings is 1. The normalized spacial score (nSPS) is 11.1. The molecule has 0 aliphatic heterocycles. The molecular formula is C17H26N2O5S. The Morgan fingerprint density at radius 3 is 2.28 bits per heavy atom. The number of hydrogen-bond acceptors (Lipinski definition) is 5. The van der Waals surface area contributed by atoms with Crippen molar-refractivity contribution in [2.24, 2.45) is 0 Å². The summed E-state index contributed by atoms with van der Waals surface area (Å²) in [5.41, 5.74) is 0.418. The number of rotatable bonds is 11. The van der Waals surface area contributed by atoms with Gasteiger partial charge in [-0.05, 0) is 37.1 Å². The van der Waals surface area contributed by atoms with Crippen LogP contribution in [0.1, 0.15) is 49.4 Å². The van der Waals surface area contributed by atoms with Gasteiger partial charge in [-0.15, -0.1) is 0 Å². The second-order valence-corrected chi connectivity index (χ2v) is 7.29. The van der Waals surface area contributed by atoms with Crippen LogP contribution in [0.25, 0.3) is 0 Å². The zero-order chi connectivity index (χ0) is 18.7. The molecule has 0 aliphatic carbocycles. The smallest absolute Gasteiger partial charge is 0.305 e. The lowest BCUT2D eigenvalue weighted by molar-refractivity contribution is -0.140. The van der Waals surface area contributed by atoms with Crippen LogP contribution in [0.3, 0.4) is 0 Å². The number of esters is 1. The number of nitrogens with one attached hydrogen (secondary N) is 2. The summed E-state index contributed by atoms with van der Waals surface area (Å²) in [6, 6.07) is 5.82. The molecule has 0 atom stereocenters. The summed E-state index contributed by atoms with van der Waals surface area (Å²) < 4.78 is 30.6. The Bertz CT molecular complexity index is 656. The maximum absolute atomic E-state index is 12.0. The molecule has 0 saturated heterocycles. The van der Waals surface area contributed by atoms with Gasteiger partial charge in [-0.25, -0.2) is 13.1 Å². The third-order valence-electron chi connectivity index (χ3n) is 3.58. The molecule has 1 aromatic rings. The SMILES string of the molecule is CCNS(=O)(=O)c1ccc(C(=O)NCCCCCCC(=O)OC)cc1. The highest BCUT2D eigenvalue weighted by Crippen LogP contribution is 2.10. The molecule has 2 N–H and O–H groups in total. The second-order valence-electron chi connectivity index (χ2n) is 5.52. The van der Waals surface area contributed by atoms with Gasteiger partial charge < -0.3 is 10.1 Å². The summed E-state index contributed by atoms with van der Waals surface area (Å²) >= 11 is 0. The minimum atomic E-state index is -3.51. The molecule has 0 aromatic heterocycles. The van der Waals surface area contributed by atoms with Crippen LogP contribution < -0.4 is 10.0 Å². The lowest BCUT2D eigenvalue weighted by atomic mass is 10.1. The van der Waals surface area contributed by atoms with Gasteiger partial charge in [0.2, 0.25) is 10.0 Å². The van der Waals surface area contributed by atoms with Gasteiger partial charge >= 0.3 is 5.97 Å². The molecule has 1 amide bonds. The van der Waals surface area contributed by atoms with Crippen molar-refractivity contribution < 1.29 is 22.7 Å². The summed E-state index contributed by atoms with van der Waals surface area (Å²) in [5.74, 6) is -0.435. The fraction of sp³-hybridized carbons (Fsp3) is 0.529. The standard InChI is InChI=1S/C17H26N2O5S/c1-3-19-25(22,23)15-11-9-14(10-12-15)17(21)18-13-7-5-4-6-8-16(20)24-2/h9-12,19H,3-8,13H2,1-2H3,(H,18,21). The van der Waals surface area contributed by atoms with E-state index in [0.717, 1.165) is 25.7 Å². The number of ether oxygens (including phenoxy) is 1. The molecule has 140 valence electrons. The summed E-state index contributed by atoms with van der Waals surface area (Å²) in [6.07, 6.45) is 3.84. The maximum atomic E-state index is 12.0. The fourth-order valence-corrected chi connectivity index (χ4v) is 3.25. The molecule has 0 radical (unpaired) electrons. The lowest BCUT2D eigenvalue weighted by Gasteiger charge is -2.07. The molecule has 0 spiro atoms. The van der Waals surface area contributed by atoms with Gasteiger partial charge in [-0.3, -0.25) is 9.59 Å². The van der Waals surface area contributed by atoms with Crippen molar-refractivity contribution in [3.8, 4) is 0 Å². The maximum Gasteiger partial charge on any atom is 0.305 e. The van der Waals surface area contributed by atoms with E-state index in [-0.39, 0.29) is 16.8 Å². The number of hydrogen-bond donors (Lipinski definition) is 2.